The van der Waals surface area contributed by atoms with Crippen LogP contribution in [0.25, 0.3) is 0 Å². The Morgan fingerprint density at radius 1 is 1.47 bits per heavy atom. The summed E-state index contributed by atoms with van der Waals surface area (Å²) in [4.78, 5) is 13.9. The molecule has 1 fully saturated rings. The van der Waals surface area contributed by atoms with Crippen LogP contribution in [0.3, 0.4) is 0 Å². The number of benzene rings is 1. The van der Waals surface area contributed by atoms with Crippen LogP contribution in [0, 0.1) is 5.92 Å². The maximum atomic E-state index is 11.9. The second-order valence-electron chi connectivity index (χ2n) is 4.74. The minimum Gasteiger partial charge on any atom is -0.396 e. The van der Waals surface area contributed by atoms with Crippen molar-refractivity contribution in [3.05, 3.63) is 28.2 Å². The van der Waals surface area contributed by atoms with E-state index in [1.807, 2.05) is 4.90 Å². The summed E-state index contributed by atoms with van der Waals surface area (Å²) in [5.74, 6) is 0.158. The van der Waals surface area contributed by atoms with Crippen molar-refractivity contribution >= 4 is 34.8 Å². The van der Waals surface area contributed by atoms with E-state index in [1.54, 1.807) is 18.2 Å². The molecule has 6 heteroatoms. The molecule has 2 rings (SSSR count). The van der Waals surface area contributed by atoms with Gasteiger partial charge in [-0.1, -0.05) is 23.2 Å². The first-order valence-electron chi connectivity index (χ1n) is 6.16. The van der Waals surface area contributed by atoms with Crippen LogP contribution in [0.4, 0.5) is 5.69 Å². The number of anilines is 1. The molecule has 1 aliphatic rings. The zero-order valence-electron chi connectivity index (χ0n) is 10.4. The van der Waals surface area contributed by atoms with Crippen molar-refractivity contribution in [2.24, 2.45) is 5.92 Å². The van der Waals surface area contributed by atoms with Crippen molar-refractivity contribution in [1.82, 2.24) is 4.90 Å². The van der Waals surface area contributed by atoms with E-state index in [-0.39, 0.29) is 18.4 Å². The third-order valence-corrected chi connectivity index (χ3v) is 3.76. The van der Waals surface area contributed by atoms with Crippen molar-refractivity contribution in [2.45, 2.75) is 6.42 Å². The van der Waals surface area contributed by atoms with Crippen molar-refractivity contribution < 1.29 is 9.90 Å². The predicted octanol–water partition coefficient (Wildman–Crippen LogP) is 2.25. The number of nitrogens with zero attached hydrogens (tertiary/aromatic N) is 1. The monoisotopic (exact) mass is 302 g/mol. The largest absolute Gasteiger partial charge is 0.396 e. The van der Waals surface area contributed by atoms with Gasteiger partial charge >= 0.3 is 0 Å². The number of likely N-dealkylation sites (tertiary alicyclic amines) is 1. The highest BCUT2D eigenvalue weighted by molar-refractivity contribution is 6.35. The number of carbonyl (C=O) groups excluding carboxylic acids is 1. The van der Waals surface area contributed by atoms with Gasteiger partial charge in [0.2, 0.25) is 5.91 Å². The highest BCUT2D eigenvalue weighted by Crippen LogP contribution is 2.25. The normalized spacial score (nSPS) is 19.6. The minimum absolute atomic E-state index is 0.122. The van der Waals surface area contributed by atoms with Gasteiger partial charge in [-0.3, -0.25) is 9.69 Å². The Labute approximate surface area is 122 Å². The summed E-state index contributed by atoms with van der Waals surface area (Å²) < 4.78 is 0. The molecule has 1 atom stereocenters. The number of hydrogen-bond acceptors (Lipinski definition) is 3. The van der Waals surface area contributed by atoms with E-state index in [9.17, 15) is 4.79 Å². The zero-order valence-corrected chi connectivity index (χ0v) is 11.9. The van der Waals surface area contributed by atoms with Crippen LogP contribution in [0.1, 0.15) is 6.42 Å². The summed E-state index contributed by atoms with van der Waals surface area (Å²) in [5, 5.41) is 12.8. The number of nitrogens with one attached hydrogen (secondary N) is 1. The van der Waals surface area contributed by atoms with Gasteiger partial charge in [-0.15, -0.1) is 0 Å². The molecular formula is C13H16Cl2N2O2. The first kappa shape index (κ1) is 14.6. The fourth-order valence-electron chi connectivity index (χ4n) is 2.19. The summed E-state index contributed by atoms with van der Waals surface area (Å²) in [7, 11) is 0. The molecule has 0 saturated carbocycles. The van der Waals surface area contributed by atoms with Gasteiger partial charge in [0.25, 0.3) is 0 Å². The van der Waals surface area contributed by atoms with Crippen molar-refractivity contribution in [3.8, 4) is 0 Å². The molecule has 4 nitrogen and oxygen atoms in total. The summed E-state index contributed by atoms with van der Waals surface area (Å²) >= 11 is 11.8. The van der Waals surface area contributed by atoms with E-state index in [0.717, 1.165) is 19.5 Å². The average molecular weight is 303 g/mol. The fourth-order valence-corrected chi connectivity index (χ4v) is 2.53. The Balaban J connectivity index is 1.89. The smallest absolute Gasteiger partial charge is 0.238 e. The number of carbonyl (C=O) groups is 1. The van der Waals surface area contributed by atoms with Gasteiger partial charge in [0.1, 0.15) is 0 Å². The van der Waals surface area contributed by atoms with Crippen LogP contribution in [0.2, 0.25) is 10.0 Å². The number of aliphatic hydroxyl groups is 1. The molecule has 0 bridgehead atoms. The third-order valence-electron chi connectivity index (χ3n) is 3.20. The van der Waals surface area contributed by atoms with Crippen LogP contribution in [0.15, 0.2) is 18.2 Å². The maximum Gasteiger partial charge on any atom is 0.238 e. The molecule has 0 radical (unpaired) electrons. The Hall–Kier alpha value is -0.810. The Morgan fingerprint density at radius 2 is 2.26 bits per heavy atom. The molecule has 0 aliphatic carbocycles. The summed E-state index contributed by atoms with van der Waals surface area (Å²) in [6, 6.07) is 4.95. The molecule has 1 aromatic carbocycles. The van der Waals surface area contributed by atoms with Crippen molar-refractivity contribution in [2.75, 3.05) is 31.6 Å². The molecule has 2 N–H and O–H groups in total. The van der Waals surface area contributed by atoms with Gasteiger partial charge in [0, 0.05) is 18.2 Å². The third kappa shape index (κ3) is 4.08. The topological polar surface area (TPSA) is 52.6 Å². The fraction of sp³-hybridized carbons (Fsp3) is 0.462. The van der Waals surface area contributed by atoms with E-state index in [2.05, 4.69) is 5.32 Å². The molecule has 1 amide bonds. The SMILES string of the molecule is O=C(CN1CCC(CO)C1)Nc1cc(Cl)ccc1Cl. The van der Waals surface area contributed by atoms with Gasteiger partial charge in [0.05, 0.1) is 17.3 Å². The van der Waals surface area contributed by atoms with E-state index in [4.69, 9.17) is 28.3 Å². The van der Waals surface area contributed by atoms with Gasteiger partial charge in [-0.2, -0.15) is 0 Å². The van der Waals surface area contributed by atoms with Crippen molar-refractivity contribution in [1.29, 1.82) is 0 Å². The second kappa shape index (κ2) is 6.57. The van der Waals surface area contributed by atoms with E-state index >= 15 is 0 Å². The van der Waals surface area contributed by atoms with E-state index in [1.165, 1.54) is 0 Å². The lowest BCUT2D eigenvalue weighted by Gasteiger charge is -2.15. The Kier molecular flexibility index (Phi) is 5.05. The van der Waals surface area contributed by atoms with Crippen molar-refractivity contribution in [3.63, 3.8) is 0 Å². The first-order valence-corrected chi connectivity index (χ1v) is 6.92. The molecule has 0 aromatic heterocycles. The Bertz CT molecular complexity index is 468. The first-order chi connectivity index (χ1) is 9.08. The molecule has 1 aromatic rings. The number of halogens is 2. The second-order valence-corrected chi connectivity index (χ2v) is 5.59. The molecule has 19 heavy (non-hydrogen) atoms. The minimum atomic E-state index is -0.122. The van der Waals surface area contributed by atoms with Crippen LogP contribution in [0.5, 0.6) is 0 Å². The van der Waals surface area contributed by atoms with E-state index < -0.39 is 0 Å². The van der Waals surface area contributed by atoms with Crippen LogP contribution >= 0.6 is 23.2 Å². The number of aliphatic hydroxyl groups excluding tert-OH is 1. The highest BCUT2D eigenvalue weighted by Gasteiger charge is 2.23. The van der Waals surface area contributed by atoms with Crippen LogP contribution in [-0.4, -0.2) is 42.2 Å². The number of hydrogen-bond donors (Lipinski definition) is 2. The van der Waals surface area contributed by atoms with E-state index in [0.29, 0.717) is 22.3 Å². The molecule has 1 unspecified atom stereocenters. The lowest BCUT2D eigenvalue weighted by Crippen LogP contribution is -2.32. The standard InChI is InChI=1S/C13H16Cl2N2O2/c14-10-1-2-11(15)12(5-10)16-13(19)7-17-4-3-9(6-17)8-18/h1-2,5,9,18H,3-4,6-8H2,(H,16,19). The van der Waals surface area contributed by atoms with Crippen LogP contribution in [-0.2, 0) is 4.79 Å². The van der Waals surface area contributed by atoms with Gasteiger partial charge in [-0.05, 0) is 37.1 Å². The molecule has 1 saturated heterocycles. The number of rotatable bonds is 4. The molecule has 1 heterocycles. The molecule has 1 aliphatic heterocycles. The molecular weight excluding hydrogens is 287 g/mol. The molecule has 0 spiro atoms. The average Bonchev–Trinajstić information content (AvgIpc) is 2.81. The summed E-state index contributed by atoms with van der Waals surface area (Å²) in [6.45, 7) is 2.08. The lowest BCUT2D eigenvalue weighted by molar-refractivity contribution is -0.117. The summed E-state index contributed by atoms with van der Waals surface area (Å²) in [6.07, 6.45) is 0.932. The zero-order chi connectivity index (χ0) is 13.8. The van der Waals surface area contributed by atoms with Gasteiger partial charge < -0.3 is 10.4 Å². The summed E-state index contributed by atoms with van der Waals surface area (Å²) in [5.41, 5.74) is 0.525. The quantitative estimate of drug-likeness (QED) is 0.897. The highest BCUT2D eigenvalue weighted by atomic mass is 35.5. The maximum absolute atomic E-state index is 11.9. The number of amides is 1. The lowest BCUT2D eigenvalue weighted by atomic mass is 10.1. The predicted molar refractivity (Wildman–Crippen MR) is 76.7 cm³/mol. The van der Waals surface area contributed by atoms with Gasteiger partial charge in [0.15, 0.2) is 0 Å². The van der Waals surface area contributed by atoms with Crippen LogP contribution < -0.4 is 5.32 Å². The Morgan fingerprint density at radius 3 is 2.95 bits per heavy atom. The molecule has 104 valence electrons. The van der Waals surface area contributed by atoms with Gasteiger partial charge in [-0.25, -0.2) is 0 Å².